The summed E-state index contributed by atoms with van der Waals surface area (Å²) in [7, 11) is 0. The van der Waals surface area contributed by atoms with Crippen LogP contribution in [0.3, 0.4) is 0 Å². The van der Waals surface area contributed by atoms with Gasteiger partial charge in [-0.1, -0.05) is 212 Å². The van der Waals surface area contributed by atoms with Crippen LogP contribution in [0.1, 0.15) is 244 Å². The van der Waals surface area contributed by atoms with E-state index in [-0.39, 0.29) is 5.97 Å². The maximum atomic E-state index is 11.9. The van der Waals surface area contributed by atoms with Crippen LogP contribution in [0.2, 0.25) is 0 Å². The van der Waals surface area contributed by atoms with E-state index in [9.17, 15) is 4.79 Å². The minimum atomic E-state index is 0.0136. The number of carbonyl (C=O) groups is 1. The number of aliphatic hydroxyl groups excluding tert-OH is 1. The smallest absolute Gasteiger partial charge is 0.305 e. The number of hydrogen-bond acceptors (Lipinski definition) is 3. The van der Waals surface area contributed by atoms with E-state index in [0.717, 1.165) is 25.7 Å². The van der Waals surface area contributed by atoms with Gasteiger partial charge in [0.25, 0.3) is 0 Å². The second kappa shape index (κ2) is 42.2. The van der Waals surface area contributed by atoms with Crippen molar-refractivity contribution >= 4 is 5.97 Å². The molecular formula is C43H84O3. The Bertz CT molecular complexity index is 587. The molecule has 0 saturated carbocycles. The lowest BCUT2D eigenvalue weighted by atomic mass is 10.0. The Morgan fingerprint density at radius 3 is 1.09 bits per heavy atom. The van der Waals surface area contributed by atoms with Gasteiger partial charge >= 0.3 is 5.97 Å². The van der Waals surface area contributed by atoms with E-state index in [1.807, 2.05) is 0 Å². The van der Waals surface area contributed by atoms with Gasteiger partial charge in [0.2, 0.25) is 0 Å². The molecule has 0 radical (unpaired) electrons. The summed E-state index contributed by atoms with van der Waals surface area (Å²) >= 11 is 0. The lowest BCUT2D eigenvalue weighted by molar-refractivity contribution is -0.143. The van der Waals surface area contributed by atoms with Crippen LogP contribution in [0, 0.1) is 0 Å². The summed E-state index contributed by atoms with van der Waals surface area (Å²) < 4.78 is 5.44. The number of esters is 1. The molecule has 3 heteroatoms. The standard InChI is InChI=1S/C43H84O3/c1-2-3-4-5-6-7-25-28-31-34-37-40-43(45)46-42-39-36-33-30-27-24-22-20-18-16-14-12-10-8-9-11-13-15-17-19-21-23-26-29-32-35-38-41-44/h5-6,44H,2-4,7-42H2,1H3. The monoisotopic (exact) mass is 649 g/mol. The lowest BCUT2D eigenvalue weighted by Gasteiger charge is -2.06. The second-order valence-electron chi connectivity index (χ2n) is 14.4. The molecule has 0 spiro atoms. The van der Waals surface area contributed by atoms with Crippen LogP contribution in [0.25, 0.3) is 0 Å². The Morgan fingerprint density at radius 1 is 0.413 bits per heavy atom. The van der Waals surface area contributed by atoms with Gasteiger partial charge in [0.05, 0.1) is 6.61 Å². The van der Waals surface area contributed by atoms with Gasteiger partial charge < -0.3 is 9.84 Å². The van der Waals surface area contributed by atoms with Crippen molar-refractivity contribution in [3.63, 3.8) is 0 Å². The van der Waals surface area contributed by atoms with Crippen molar-refractivity contribution in [3.05, 3.63) is 12.2 Å². The third-order valence-corrected chi connectivity index (χ3v) is 9.71. The molecule has 0 saturated heterocycles. The molecule has 0 amide bonds. The van der Waals surface area contributed by atoms with E-state index in [0.29, 0.717) is 19.6 Å². The van der Waals surface area contributed by atoms with Gasteiger partial charge in [0.15, 0.2) is 0 Å². The zero-order chi connectivity index (χ0) is 33.3. The minimum Gasteiger partial charge on any atom is -0.466 e. The molecular weight excluding hydrogens is 564 g/mol. The number of allylic oxidation sites excluding steroid dienone is 2. The highest BCUT2D eigenvalue weighted by Gasteiger charge is 2.03. The van der Waals surface area contributed by atoms with Crippen LogP contribution in [-0.4, -0.2) is 24.3 Å². The molecule has 0 aromatic rings. The first-order valence-corrected chi connectivity index (χ1v) is 21.2. The number of carbonyl (C=O) groups excluding carboxylic acids is 1. The summed E-state index contributed by atoms with van der Waals surface area (Å²) in [6, 6.07) is 0. The van der Waals surface area contributed by atoms with E-state index in [4.69, 9.17) is 9.84 Å². The van der Waals surface area contributed by atoms with Crippen molar-refractivity contribution in [2.24, 2.45) is 0 Å². The molecule has 0 bridgehead atoms. The van der Waals surface area contributed by atoms with Crippen LogP contribution in [0.5, 0.6) is 0 Å². The summed E-state index contributed by atoms with van der Waals surface area (Å²) in [4.78, 5) is 11.9. The highest BCUT2D eigenvalue weighted by atomic mass is 16.5. The van der Waals surface area contributed by atoms with E-state index < -0.39 is 0 Å². The van der Waals surface area contributed by atoms with E-state index in [1.165, 1.54) is 205 Å². The average molecular weight is 649 g/mol. The molecule has 0 rings (SSSR count). The van der Waals surface area contributed by atoms with Crippen molar-refractivity contribution in [1.82, 2.24) is 0 Å². The van der Waals surface area contributed by atoms with Crippen molar-refractivity contribution < 1.29 is 14.6 Å². The first-order chi connectivity index (χ1) is 22.8. The quantitative estimate of drug-likeness (QED) is 0.0408. The van der Waals surface area contributed by atoms with Crippen LogP contribution < -0.4 is 0 Å². The predicted octanol–water partition coefficient (Wildman–Crippen LogP) is 14.5. The summed E-state index contributed by atoms with van der Waals surface area (Å²) in [5, 5.41) is 8.80. The first kappa shape index (κ1) is 45.2. The molecule has 0 fully saturated rings. The molecule has 0 aromatic carbocycles. The molecule has 0 aliphatic carbocycles. The fourth-order valence-electron chi connectivity index (χ4n) is 6.51. The van der Waals surface area contributed by atoms with E-state index in [1.54, 1.807) is 0 Å². The number of hydrogen-bond donors (Lipinski definition) is 1. The van der Waals surface area contributed by atoms with Gasteiger partial charge in [0.1, 0.15) is 0 Å². The Kier molecular flexibility index (Phi) is 41.4. The number of ether oxygens (including phenoxy) is 1. The highest BCUT2D eigenvalue weighted by Crippen LogP contribution is 2.16. The second-order valence-corrected chi connectivity index (χ2v) is 14.4. The minimum absolute atomic E-state index is 0.0136. The summed E-state index contributed by atoms with van der Waals surface area (Å²) in [6.45, 7) is 3.23. The summed E-state index contributed by atoms with van der Waals surface area (Å²) in [5.41, 5.74) is 0. The van der Waals surface area contributed by atoms with Crippen molar-refractivity contribution in [1.29, 1.82) is 0 Å². The topological polar surface area (TPSA) is 46.5 Å². The number of rotatable bonds is 40. The molecule has 46 heavy (non-hydrogen) atoms. The number of unbranched alkanes of at least 4 members (excludes halogenated alkanes) is 33. The fraction of sp³-hybridized carbons (Fsp3) is 0.930. The van der Waals surface area contributed by atoms with Crippen LogP contribution >= 0.6 is 0 Å². The van der Waals surface area contributed by atoms with Gasteiger partial charge in [-0.2, -0.15) is 0 Å². The Hall–Kier alpha value is -0.830. The number of aliphatic hydroxyl groups is 1. The zero-order valence-electron chi connectivity index (χ0n) is 31.5. The molecule has 0 heterocycles. The maximum Gasteiger partial charge on any atom is 0.305 e. The largest absolute Gasteiger partial charge is 0.466 e. The van der Waals surface area contributed by atoms with E-state index >= 15 is 0 Å². The van der Waals surface area contributed by atoms with E-state index in [2.05, 4.69) is 19.1 Å². The normalized spacial score (nSPS) is 11.6. The van der Waals surface area contributed by atoms with Crippen molar-refractivity contribution in [2.45, 2.75) is 244 Å². The third kappa shape index (κ3) is 41.2. The van der Waals surface area contributed by atoms with Gasteiger partial charge in [-0.25, -0.2) is 0 Å². The molecule has 3 nitrogen and oxygen atoms in total. The SMILES string of the molecule is CCCCC=CCCCCCCCC(=O)OCCCCCCCCCCCCCCCCCCCCCCCCCCCCCO. The fourth-order valence-corrected chi connectivity index (χ4v) is 6.51. The predicted molar refractivity (Wildman–Crippen MR) is 204 cm³/mol. The zero-order valence-corrected chi connectivity index (χ0v) is 31.5. The van der Waals surface area contributed by atoms with Crippen LogP contribution in [-0.2, 0) is 9.53 Å². The van der Waals surface area contributed by atoms with Crippen molar-refractivity contribution in [3.8, 4) is 0 Å². The maximum absolute atomic E-state index is 11.9. The molecule has 0 aliphatic rings. The van der Waals surface area contributed by atoms with Gasteiger partial charge in [-0.15, -0.1) is 0 Å². The molecule has 274 valence electrons. The molecule has 0 aliphatic heterocycles. The molecule has 0 unspecified atom stereocenters. The van der Waals surface area contributed by atoms with Gasteiger partial charge in [-0.3, -0.25) is 4.79 Å². The summed E-state index contributed by atoms with van der Waals surface area (Å²) in [5.74, 6) is 0.0136. The first-order valence-electron chi connectivity index (χ1n) is 21.2. The van der Waals surface area contributed by atoms with Crippen LogP contribution in [0.4, 0.5) is 0 Å². The lowest BCUT2D eigenvalue weighted by Crippen LogP contribution is -2.05. The highest BCUT2D eigenvalue weighted by molar-refractivity contribution is 5.69. The Labute approximate surface area is 289 Å². The average Bonchev–Trinajstić information content (AvgIpc) is 3.06. The van der Waals surface area contributed by atoms with Crippen molar-refractivity contribution in [2.75, 3.05) is 13.2 Å². The molecule has 0 atom stereocenters. The third-order valence-electron chi connectivity index (χ3n) is 9.71. The van der Waals surface area contributed by atoms with Gasteiger partial charge in [-0.05, 0) is 38.5 Å². The molecule has 1 N–H and O–H groups in total. The molecule has 0 aromatic heterocycles. The van der Waals surface area contributed by atoms with Crippen LogP contribution in [0.15, 0.2) is 12.2 Å². The summed E-state index contributed by atoms with van der Waals surface area (Å²) in [6.07, 6.45) is 53.3. The van der Waals surface area contributed by atoms with Gasteiger partial charge in [0, 0.05) is 13.0 Å². The Morgan fingerprint density at radius 2 is 0.717 bits per heavy atom. The Balaban J connectivity index is 3.13.